The maximum atomic E-state index is 11.3. The SMILES string of the molecule is COC(=O)C1CNC(C2CCCCC2)=N1. The molecule has 0 amide bonds. The lowest BCUT2D eigenvalue weighted by Gasteiger charge is -2.21. The van der Waals surface area contributed by atoms with Crippen LogP contribution in [-0.2, 0) is 9.53 Å². The van der Waals surface area contributed by atoms with Gasteiger partial charge in [0.15, 0.2) is 6.04 Å². The number of esters is 1. The van der Waals surface area contributed by atoms with Crippen LogP contribution in [0.5, 0.6) is 0 Å². The molecule has 4 nitrogen and oxygen atoms in total. The third kappa shape index (κ3) is 2.30. The lowest BCUT2D eigenvalue weighted by molar-refractivity contribution is -0.141. The molecule has 1 atom stereocenters. The second-order valence-corrected chi connectivity index (χ2v) is 4.27. The maximum absolute atomic E-state index is 11.3. The van der Waals surface area contributed by atoms with Crippen molar-refractivity contribution >= 4 is 11.8 Å². The van der Waals surface area contributed by atoms with Crippen molar-refractivity contribution in [1.29, 1.82) is 0 Å². The number of nitrogens with one attached hydrogen (secondary N) is 1. The predicted molar refractivity (Wildman–Crippen MR) is 57.8 cm³/mol. The summed E-state index contributed by atoms with van der Waals surface area (Å²) in [7, 11) is 1.41. The van der Waals surface area contributed by atoms with E-state index in [0.29, 0.717) is 12.5 Å². The van der Waals surface area contributed by atoms with Crippen LogP contribution >= 0.6 is 0 Å². The molecule has 0 saturated heterocycles. The van der Waals surface area contributed by atoms with E-state index in [9.17, 15) is 4.79 Å². The Morgan fingerprint density at radius 1 is 1.40 bits per heavy atom. The van der Waals surface area contributed by atoms with E-state index in [2.05, 4.69) is 15.0 Å². The van der Waals surface area contributed by atoms with E-state index in [-0.39, 0.29) is 12.0 Å². The number of aliphatic imine (C=N–C) groups is 1. The molecule has 15 heavy (non-hydrogen) atoms. The van der Waals surface area contributed by atoms with Crippen molar-refractivity contribution in [3.05, 3.63) is 0 Å². The second-order valence-electron chi connectivity index (χ2n) is 4.27. The molecule has 0 aromatic carbocycles. The number of nitrogens with zero attached hydrogens (tertiary/aromatic N) is 1. The van der Waals surface area contributed by atoms with Gasteiger partial charge in [-0.1, -0.05) is 19.3 Å². The summed E-state index contributed by atoms with van der Waals surface area (Å²) in [6, 6.07) is -0.313. The number of ether oxygens (including phenoxy) is 1. The van der Waals surface area contributed by atoms with Gasteiger partial charge in [0.1, 0.15) is 5.84 Å². The summed E-state index contributed by atoms with van der Waals surface area (Å²) in [5.74, 6) is 1.35. The van der Waals surface area contributed by atoms with Crippen molar-refractivity contribution in [1.82, 2.24) is 5.32 Å². The van der Waals surface area contributed by atoms with Gasteiger partial charge in [0.05, 0.1) is 7.11 Å². The lowest BCUT2D eigenvalue weighted by Crippen LogP contribution is -2.30. The van der Waals surface area contributed by atoms with Gasteiger partial charge in [0.25, 0.3) is 0 Å². The molecule has 1 aliphatic carbocycles. The monoisotopic (exact) mass is 210 g/mol. The fourth-order valence-corrected chi connectivity index (χ4v) is 2.36. The third-order valence-corrected chi connectivity index (χ3v) is 3.24. The number of rotatable bonds is 2. The summed E-state index contributed by atoms with van der Waals surface area (Å²) in [5, 5.41) is 3.24. The third-order valence-electron chi connectivity index (χ3n) is 3.24. The van der Waals surface area contributed by atoms with E-state index in [1.54, 1.807) is 0 Å². The second kappa shape index (κ2) is 4.64. The Balaban J connectivity index is 1.95. The predicted octanol–water partition coefficient (Wildman–Crippen LogP) is 1.11. The van der Waals surface area contributed by atoms with Crippen molar-refractivity contribution in [3.63, 3.8) is 0 Å². The van der Waals surface area contributed by atoms with Gasteiger partial charge in [-0.15, -0.1) is 0 Å². The van der Waals surface area contributed by atoms with Crippen molar-refractivity contribution < 1.29 is 9.53 Å². The maximum Gasteiger partial charge on any atom is 0.332 e. The van der Waals surface area contributed by atoms with Crippen molar-refractivity contribution in [2.45, 2.75) is 38.1 Å². The highest BCUT2D eigenvalue weighted by atomic mass is 16.5. The summed E-state index contributed by atoms with van der Waals surface area (Å²) < 4.78 is 4.68. The highest BCUT2D eigenvalue weighted by Crippen LogP contribution is 2.25. The zero-order valence-corrected chi connectivity index (χ0v) is 9.16. The standard InChI is InChI=1S/C11H18N2O2/c1-15-11(14)9-7-12-10(13-9)8-5-3-2-4-6-8/h8-9H,2-7H2,1H3,(H,12,13). The Kier molecular flexibility index (Phi) is 3.23. The first-order valence-corrected chi connectivity index (χ1v) is 5.70. The molecule has 0 bridgehead atoms. The van der Waals surface area contributed by atoms with E-state index in [1.165, 1.54) is 39.2 Å². The Morgan fingerprint density at radius 3 is 2.80 bits per heavy atom. The topological polar surface area (TPSA) is 50.7 Å². The summed E-state index contributed by atoms with van der Waals surface area (Å²) in [6.07, 6.45) is 6.33. The van der Waals surface area contributed by atoms with Gasteiger partial charge >= 0.3 is 5.97 Å². The first-order chi connectivity index (χ1) is 7.31. The van der Waals surface area contributed by atoms with Crippen molar-refractivity contribution in [2.75, 3.05) is 13.7 Å². The fourth-order valence-electron chi connectivity index (χ4n) is 2.36. The lowest BCUT2D eigenvalue weighted by atomic mass is 9.88. The van der Waals surface area contributed by atoms with Crippen LogP contribution < -0.4 is 5.32 Å². The first kappa shape index (κ1) is 10.5. The van der Waals surface area contributed by atoms with Crippen molar-refractivity contribution in [2.24, 2.45) is 10.9 Å². The average Bonchev–Trinajstić information content (AvgIpc) is 2.78. The van der Waals surface area contributed by atoms with Gasteiger partial charge in [0.2, 0.25) is 0 Å². The van der Waals surface area contributed by atoms with Crippen LogP contribution in [0.2, 0.25) is 0 Å². The van der Waals surface area contributed by atoms with Gasteiger partial charge in [-0.3, -0.25) is 4.99 Å². The van der Waals surface area contributed by atoms with Gasteiger partial charge in [0, 0.05) is 12.5 Å². The molecule has 1 unspecified atom stereocenters. The number of hydrogen-bond donors (Lipinski definition) is 1. The molecule has 0 radical (unpaired) electrons. The Hall–Kier alpha value is -1.06. The molecule has 1 aliphatic heterocycles. The molecule has 1 N–H and O–H groups in total. The van der Waals surface area contributed by atoms with Gasteiger partial charge < -0.3 is 10.1 Å². The molecule has 1 saturated carbocycles. The minimum absolute atomic E-state index is 0.228. The molecular weight excluding hydrogens is 192 g/mol. The molecule has 84 valence electrons. The highest BCUT2D eigenvalue weighted by Gasteiger charge is 2.29. The van der Waals surface area contributed by atoms with Crippen LogP contribution in [0.4, 0.5) is 0 Å². The zero-order valence-electron chi connectivity index (χ0n) is 9.16. The summed E-state index contributed by atoms with van der Waals surface area (Å²) in [5.41, 5.74) is 0. The Labute approximate surface area is 90.1 Å². The summed E-state index contributed by atoms with van der Waals surface area (Å²) in [4.78, 5) is 15.7. The van der Waals surface area contributed by atoms with Crippen molar-refractivity contribution in [3.8, 4) is 0 Å². The number of amidine groups is 1. The number of carbonyl (C=O) groups is 1. The first-order valence-electron chi connectivity index (χ1n) is 5.70. The molecule has 2 rings (SSSR count). The molecule has 2 aliphatic rings. The number of hydrogen-bond acceptors (Lipinski definition) is 4. The number of methoxy groups -OCH3 is 1. The summed E-state index contributed by atoms with van der Waals surface area (Å²) in [6.45, 7) is 0.610. The van der Waals surface area contributed by atoms with E-state index < -0.39 is 0 Å². The fraction of sp³-hybridized carbons (Fsp3) is 0.818. The van der Waals surface area contributed by atoms with Gasteiger partial charge in [-0.05, 0) is 12.8 Å². The molecule has 0 aromatic rings. The van der Waals surface area contributed by atoms with E-state index in [1.807, 2.05) is 0 Å². The smallest absolute Gasteiger partial charge is 0.332 e. The molecule has 1 fully saturated rings. The van der Waals surface area contributed by atoms with Crippen LogP contribution in [0.1, 0.15) is 32.1 Å². The van der Waals surface area contributed by atoms with E-state index in [0.717, 1.165) is 5.84 Å². The Morgan fingerprint density at radius 2 is 2.13 bits per heavy atom. The average molecular weight is 210 g/mol. The highest BCUT2D eigenvalue weighted by molar-refractivity contribution is 5.91. The van der Waals surface area contributed by atoms with Crippen LogP contribution in [0.3, 0.4) is 0 Å². The largest absolute Gasteiger partial charge is 0.467 e. The van der Waals surface area contributed by atoms with Gasteiger partial charge in [-0.25, -0.2) is 4.79 Å². The van der Waals surface area contributed by atoms with E-state index >= 15 is 0 Å². The van der Waals surface area contributed by atoms with Crippen LogP contribution in [-0.4, -0.2) is 31.5 Å². The molecule has 4 heteroatoms. The normalized spacial score (nSPS) is 27.0. The Bertz CT molecular complexity index is 270. The molecule has 1 heterocycles. The minimum Gasteiger partial charge on any atom is -0.467 e. The van der Waals surface area contributed by atoms with E-state index in [4.69, 9.17) is 0 Å². The summed E-state index contributed by atoms with van der Waals surface area (Å²) >= 11 is 0. The zero-order chi connectivity index (χ0) is 10.7. The van der Waals surface area contributed by atoms with Crippen LogP contribution in [0, 0.1) is 5.92 Å². The van der Waals surface area contributed by atoms with Crippen LogP contribution in [0.25, 0.3) is 0 Å². The van der Waals surface area contributed by atoms with Gasteiger partial charge in [-0.2, -0.15) is 0 Å². The molecule has 0 spiro atoms. The quantitative estimate of drug-likeness (QED) is 0.695. The van der Waals surface area contributed by atoms with Crippen LogP contribution in [0.15, 0.2) is 4.99 Å². The molecule has 0 aromatic heterocycles. The molecular formula is C11H18N2O2. The number of carbonyl (C=O) groups excluding carboxylic acids is 1. The minimum atomic E-state index is -0.313.